The zero-order valence-electron chi connectivity index (χ0n) is 12.0. The van der Waals surface area contributed by atoms with E-state index in [-0.39, 0.29) is 18.4 Å². The summed E-state index contributed by atoms with van der Waals surface area (Å²) in [4.78, 5) is 12.1. The lowest BCUT2D eigenvalue weighted by Gasteiger charge is -2.22. The second kappa shape index (κ2) is 7.25. The molecule has 20 heavy (non-hydrogen) atoms. The van der Waals surface area contributed by atoms with Crippen molar-refractivity contribution in [2.24, 2.45) is 5.92 Å². The summed E-state index contributed by atoms with van der Waals surface area (Å²) < 4.78 is 0. The lowest BCUT2D eigenvalue weighted by molar-refractivity contribution is -0.171. The van der Waals surface area contributed by atoms with Crippen LogP contribution >= 0.6 is 0 Å². The standard InChI is InChI=1S/C17H23NO2/c1-2-3-7-15-10-11-16(12-15)18(20)17(19)13-14-8-5-4-6-9-14/h4-6,8-11,15-16,20H,2-3,7,12-13H2,1H3/t15-,16-/m0/s1. The van der Waals surface area contributed by atoms with Crippen molar-refractivity contribution in [2.75, 3.05) is 0 Å². The maximum Gasteiger partial charge on any atom is 0.250 e. The molecule has 1 N–H and O–H groups in total. The molecular weight excluding hydrogens is 250 g/mol. The molecule has 108 valence electrons. The first-order valence-electron chi connectivity index (χ1n) is 7.44. The van der Waals surface area contributed by atoms with Crippen molar-refractivity contribution >= 4 is 5.91 Å². The van der Waals surface area contributed by atoms with E-state index in [9.17, 15) is 10.0 Å². The van der Waals surface area contributed by atoms with Crippen LogP contribution in [0.5, 0.6) is 0 Å². The molecule has 3 nitrogen and oxygen atoms in total. The molecule has 0 heterocycles. The van der Waals surface area contributed by atoms with Crippen LogP contribution in [0.25, 0.3) is 0 Å². The molecule has 0 saturated heterocycles. The SMILES string of the molecule is CCCC[C@H]1C=C[C@H](N(O)C(=O)Cc2ccccc2)C1. The molecule has 0 bridgehead atoms. The highest BCUT2D eigenvalue weighted by atomic mass is 16.5. The number of hydrogen-bond donors (Lipinski definition) is 1. The van der Waals surface area contributed by atoms with Crippen molar-refractivity contribution in [2.45, 2.75) is 45.1 Å². The summed E-state index contributed by atoms with van der Waals surface area (Å²) in [7, 11) is 0. The highest BCUT2D eigenvalue weighted by Gasteiger charge is 2.26. The molecule has 1 aromatic carbocycles. The van der Waals surface area contributed by atoms with E-state index in [0.717, 1.165) is 23.5 Å². The van der Waals surface area contributed by atoms with E-state index >= 15 is 0 Å². The number of allylic oxidation sites excluding steroid dienone is 1. The Morgan fingerprint density at radius 3 is 2.75 bits per heavy atom. The molecule has 1 aliphatic rings. The summed E-state index contributed by atoms with van der Waals surface area (Å²) in [6.07, 6.45) is 8.72. The minimum Gasteiger partial charge on any atom is -0.285 e. The fraction of sp³-hybridized carbons (Fsp3) is 0.471. The fourth-order valence-corrected chi connectivity index (χ4v) is 2.65. The third-order valence-electron chi connectivity index (χ3n) is 3.85. The van der Waals surface area contributed by atoms with Gasteiger partial charge in [0.2, 0.25) is 0 Å². The van der Waals surface area contributed by atoms with Crippen LogP contribution in [0.4, 0.5) is 0 Å². The van der Waals surface area contributed by atoms with E-state index in [2.05, 4.69) is 13.0 Å². The van der Waals surface area contributed by atoms with Crippen molar-refractivity contribution < 1.29 is 10.0 Å². The zero-order chi connectivity index (χ0) is 14.4. The molecule has 1 aromatic rings. The Labute approximate surface area is 120 Å². The van der Waals surface area contributed by atoms with Crippen LogP contribution in [-0.4, -0.2) is 22.2 Å². The predicted molar refractivity (Wildman–Crippen MR) is 79.3 cm³/mol. The van der Waals surface area contributed by atoms with E-state index in [0.29, 0.717) is 5.92 Å². The molecule has 0 fully saturated rings. The molecule has 3 heteroatoms. The fourth-order valence-electron chi connectivity index (χ4n) is 2.65. The highest BCUT2D eigenvalue weighted by Crippen LogP contribution is 2.26. The van der Waals surface area contributed by atoms with Crippen LogP contribution in [0.1, 0.15) is 38.2 Å². The van der Waals surface area contributed by atoms with Gasteiger partial charge in [0.05, 0.1) is 12.5 Å². The van der Waals surface area contributed by atoms with Gasteiger partial charge in [-0.15, -0.1) is 0 Å². The van der Waals surface area contributed by atoms with Crippen LogP contribution in [0.2, 0.25) is 0 Å². The first-order chi connectivity index (χ1) is 9.70. The molecule has 0 aliphatic heterocycles. The number of carbonyl (C=O) groups excluding carboxylic acids is 1. The predicted octanol–water partition coefficient (Wildman–Crippen LogP) is 3.58. The molecule has 0 spiro atoms. The van der Waals surface area contributed by atoms with Crippen molar-refractivity contribution in [3.05, 3.63) is 48.0 Å². The molecule has 0 saturated carbocycles. The van der Waals surface area contributed by atoms with Gasteiger partial charge in [0.15, 0.2) is 0 Å². The Morgan fingerprint density at radius 2 is 2.05 bits per heavy atom. The van der Waals surface area contributed by atoms with Gasteiger partial charge < -0.3 is 0 Å². The van der Waals surface area contributed by atoms with Gasteiger partial charge in [-0.3, -0.25) is 10.0 Å². The summed E-state index contributed by atoms with van der Waals surface area (Å²) in [5, 5.41) is 11.0. The molecule has 2 rings (SSSR count). The number of benzene rings is 1. The monoisotopic (exact) mass is 273 g/mol. The number of rotatable bonds is 6. The molecule has 0 radical (unpaired) electrons. The average Bonchev–Trinajstić information content (AvgIpc) is 2.94. The molecule has 1 amide bonds. The van der Waals surface area contributed by atoms with Gasteiger partial charge in [-0.1, -0.05) is 62.2 Å². The Hall–Kier alpha value is -1.61. The highest BCUT2D eigenvalue weighted by molar-refractivity contribution is 5.78. The number of hydroxylamine groups is 2. The van der Waals surface area contributed by atoms with E-state index in [1.54, 1.807) is 0 Å². The topological polar surface area (TPSA) is 40.5 Å². The minimum atomic E-state index is -0.234. The third-order valence-corrected chi connectivity index (χ3v) is 3.85. The first kappa shape index (κ1) is 14.8. The first-order valence-corrected chi connectivity index (χ1v) is 7.44. The lowest BCUT2D eigenvalue weighted by Crippen LogP contribution is -2.36. The Morgan fingerprint density at radius 1 is 1.30 bits per heavy atom. The smallest absolute Gasteiger partial charge is 0.250 e. The van der Waals surface area contributed by atoms with E-state index in [1.165, 1.54) is 12.8 Å². The second-order valence-corrected chi connectivity index (χ2v) is 5.49. The van der Waals surface area contributed by atoms with Gasteiger partial charge in [-0.25, -0.2) is 5.06 Å². The summed E-state index contributed by atoms with van der Waals surface area (Å²) in [5.41, 5.74) is 0.932. The summed E-state index contributed by atoms with van der Waals surface area (Å²) in [6.45, 7) is 2.18. The molecule has 0 aromatic heterocycles. The van der Waals surface area contributed by atoms with Crippen LogP contribution < -0.4 is 0 Å². The molecule has 0 unspecified atom stereocenters. The molecule has 2 atom stereocenters. The number of amides is 1. The van der Waals surface area contributed by atoms with Gasteiger partial charge in [0.25, 0.3) is 5.91 Å². The summed E-state index contributed by atoms with van der Waals surface area (Å²) >= 11 is 0. The number of carbonyl (C=O) groups is 1. The number of hydrogen-bond acceptors (Lipinski definition) is 2. The third kappa shape index (κ3) is 3.94. The van der Waals surface area contributed by atoms with E-state index < -0.39 is 0 Å². The Bertz CT molecular complexity index is 455. The van der Waals surface area contributed by atoms with Crippen molar-refractivity contribution in [3.8, 4) is 0 Å². The molecular formula is C17H23NO2. The number of nitrogens with zero attached hydrogens (tertiary/aromatic N) is 1. The van der Waals surface area contributed by atoms with Crippen molar-refractivity contribution in [1.82, 2.24) is 5.06 Å². The van der Waals surface area contributed by atoms with E-state index in [4.69, 9.17) is 0 Å². The van der Waals surface area contributed by atoms with Gasteiger partial charge in [0, 0.05) is 0 Å². The summed E-state index contributed by atoms with van der Waals surface area (Å²) in [5.74, 6) is 0.265. The second-order valence-electron chi connectivity index (χ2n) is 5.49. The zero-order valence-corrected chi connectivity index (χ0v) is 12.0. The Kier molecular flexibility index (Phi) is 5.36. The molecule has 1 aliphatic carbocycles. The Balaban J connectivity index is 1.84. The van der Waals surface area contributed by atoms with Gasteiger partial charge in [-0.05, 0) is 24.3 Å². The van der Waals surface area contributed by atoms with Crippen LogP contribution in [-0.2, 0) is 11.2 Å². The van der Waals surface area contributed by atoms with Crippen molar-refractivity contribution in [1.29, 1.82) is 0 Å². The van der Waals surface area contributed by atoms with E-state index in [1.807, 2.05) is 36.4 Å². The quantitative estimate of drug-likeness (QED) is 0.489. The maximum absolute atomic E-state index is 12.1. The van der Waals surface area contributed by atoms with Crippen LogP contribution in [0, 0.1) is 5.92 Å². The maximum atomic E-state index is 12.1. The van der Waals surface area contributed by atoms with Gasteiger partial charge in [-0.2, -0.15) is 0 Å². The normalized spacial score (nSPS) is 21.1. The van der Waals surface area contributed by atoms with Gasteiger partial charge in [0.1, 0.15) is 0 Å². The minimum absolute atomic E-state index is 0.159. The largest absolute Gasteiger partial charge is 0.285 e. The van der Waals surface area contributed by atoms with Crippen LogP contribution in [0.3, 0.4) is 0 Å². The van der Waals surface area contributed by atoms with Crippen molar-refractivity contribution in [3.63, 3.8) is 0 Å². The lowest BCUT2D eigenvalue weighted by atomic mass is 10.0. The van der Waals surface area contributed by atoms with Gasteiger partial charge >= 0.3 is 0 Å². The summed E-state index contributed by atoms with van der Waals surface area (Å²) in [6, 6.07) is 9.37. The van der Waals surface area contributed by atoms with Crippen LogP contribution in [0.15, 0.2) is 42.5 Å². The average molecular weight is 273 g/mol. The number of unbranched alkanes of at least 4 members (excludes halogenated alkanes) is 1.